The van der Waals surface area contributed by atoms with Crippen LogP contribution >= 0.6 is 0 Å². The van der Waals surface area contributed by atoms with Crippen LogP contribution in [-0.2, 0) is 4.79 Å². The van der Waals surface area contributed by atoms with Gasteiger partial charge in [-0.05, 0) is 6.92 Å². The van der Waals surface area contributed by atoms with Crippen molar-refractivity contribution in [3.8, 4) is 0 Å². The molecule has 1 aromatic rings. The summed E-state index contributed by atoms with van der Waals surface area (Å²) in [4.78, 5) is 21.4. The first-order chi connectivity index (χ1) is 9.35. The van der Waals surface area contributed by atoms with Gasteiger partial charge in [0.2, 0.25) is 5.78 Å². The highest BCUT2D eigenvalue weighted by Crippen LogP contribution is 2.47. The maximum Gasteiger partial charge on any atom is 0.411 e. The molecule has 0 unspecified atom stereocenters. The number of carboxylic acid groups (broad SMARTS) is 1. The Hall–Kier alpha value is -2.06. The van der Waals surface area contributed by atoms with E-state index in [4.69, 9.17) is 5.11 Å². The number of carboxylic acids is 1. The number of aryl methyl sites for hydroxylation is 1. The van der Waals surface area contributed by atoms with Crippen LogP contribution in [0.2, 0.25) is 0 Å². The highest BCUT2D eigenvalue weighted by molar-refractivity contribution is 6.02. The number of carbonyl (C=O) groups is 2. The number of halogens is 6. The SMILES string of the molecule is Cc1ccc(C(=O)C(F)(F)C(F)(F)C(F)(F)C(=O)O)cc1. The molecule has 0 aliphatic rings. The fraction of sp³-hybridized carbons (Fsp3) is 0.333. The summed E-state index contributed by atoms with van der Waals surface area (Å²) < 4.78 is 78.6. The van der Waals surface area contributed by atoms with Gasteiger partial charge in [0.1, 0.15) is 0 Å². The minimum absolute atomic E-state index is 0.512. The summed E-state index contributed by atoms with van der Waals surface area (Å²) in [5.74, 6) is -24.4. The fourth-order valence-electron chi connectivity index (χ4n) is 1.36. The number of rotatable bonds is 5. The lowest BCUT2D eigenvalue weighted by Crippen LogP contribution is -2.60. The van der Waals surface area contributed by atoms with Gasteiger partial charge in [-0.2, -0.15) is 26.3 Å². The van der Waals surface area contributed by atoms with Gasteiger partial charge in [-0.25, -0.2) is 4.79 Å². The minimum Gasteiger partial charge on any atom is -0.477 e. The summed E-state index contributed by atoms with van der Waals surface area (Å²) in [5, 5.41) is 7.95. The van der Waals surface area contributed by atoms with Gasteiger partial charge in [0, 0.05) is 5.56 Å². The lowest BCUT2D eigenvalue weighted by atomic mass is 9.95. The number of benzene rings is 1. The monoisotopic (exact) mass is 314 g/mol. The molecule has 21 heavy (non-hydrogen) atoms. The van der Waals surface area contributed by atoms with Gasteiger partial charge in [-0.1, -0.05) is 29.8 Å². The third kappa shape index (κ3) is 2.59. The molecule has 0 amide bonds. The molecule has 0 heterocycles. The third-order valence-electron chi connectivity index (χ3n) is 2.66. The number of alkyl halides is 6. The first kappa shape index (κ1) is 17.0. The Morgan fingerprint density at radius 3 is 1.71 bits per heavy atom. The van der Waals surface area contributed by atoms with E-state index in [9.17, 15) is 35.9 Å². The van der Waals surface area contributed by atoms with E-state index in [0.29, 0.717) is 5.56 Å². The molecule has 0 aliphatic carbocycles. The van der Waals surface area contributed by atoms with Crippen LogP contribution in [0.15, 0.2) is 24.3 Å². The fourth-order valence-corrected chi connectivity index (χ4v) is 1.36. The lowest BCUT2D eigenvalue weighted by Gasteiger charge is -2.29. The van der Waals surface area contributed by atoms with Crippen molar-refractivity contribution in [1.82, 2.24) is 0 Å². The van der Waals surface area contributed by atoms with Gasteiger partial charge < -0.3 is 5.11 Å². The summed E-state index contributed by atoms with van der Waals surface area (Å²) in [7, 11) is 0. The van der Waals surface area contributed by atoms with Crippen LogP contribution in [0.4, 0.5) is 26.3 Å². The zero-order chi connectivity index (χ0) is 16.6. The Labute approximate surface area is 114 Å². The smallest absolute Gasteiger partial charge is 0.411 e. The quantitative estimate of drug-likeness (QED) is 0.671. The van der Waals surface area contributed by atoms with Gasteiger partial charge >= 0.3 is 23.7 Å². The summed E-state index contributed by atoms with van der Waals surface area (Å²) in [6.07, 6.45) is 0. The van der Waals surface area contributed by atoms with Gasteiger partial charge in [0.05, 0.1) is 0 Å². The molecule has 1 N–H and O–H groups in total. The molecule has 0 atom stereocenters. The van der Waals surface area contributed by atoms with E-state index in [1.165, 1.54) is 6.92 Å². The molecule has 0 saturated carbocycles. The molecule has 3 nitrogen and oxygen atoms in total. The van der Waals surface area contributed by atoms with Crippen molar-refractivity contribution in [2.75, 3.05) is 0 Å². The largest absolute Gasteiger partial charge is 0.477 e. The Balaban J connectivity index is 3.29. The van der Waals surface area contributed by atoms with Gasteiger partial charge in [0.15, 0.2) is 0 Å². The van der Waals surface area contributed by atoms with Crippen molar-refractivity contribution in [1.29, 1.82) is 0 Å². The highest BCUT2D eigenvalue weighted by Gasteiger charge is 2.78. The van der Waals surface area contributed by atoms with Gasteiger partial charge in [0.25, 0.3) is 0 Å². The van der Waals surface area contributed by atoms with Crippen LogP contribution in [-0.4, -0.2) is 34.6 Å². The molecule has 0 fully saturated rings. The van der Waals surface area contributed by atoms with E-state index in [1.54, 1.807) is 0 Å². The standard InChI is InChI=1S/C12H8F6O3/c1-6-2-4-7(5-3-6)8(19)10(13,14)12(17,18)11(15,16)9(20)21/h2-5H,1H3,(H,20,21). The summed E-state index contributed by atoms with van der Waals surface area (Å²) in [5.41, 5.74) is -0.427. The lowest BCUT2D eigenvalue weighted by molar-refractivity contribution is -0.285. The molecule has 0 aliphatic heterocycles. The van der Waals surface area contributed by atoms with Gasteiger partial charge in [-0.3, -0.25) is 4.79 Å². The highest BCUT2D eigenvalue weighted by atomic mass is 19.3. The second kappa shape index (κ2) is 5.05. The molecule has 0 bridgehead atoms. The first-order valence-electron chi connectivity index (χ1n) is 5.34. The Kier molecular flexibility index (Phi) is 4.08. The van der Waals surface area contributed by atoms with E-state index in [0.717, 1.165) is 24.3 Å². The zero-order valence-corrected chi connectivity index (χ0v) is 10.3. The van der Waals surface area contributed by atoms with Crippen molar-refractivity contribution in [2.24, 2.45) is 0 Å². The molecule has 0 aromatic heterocycles. The minimum atomic E-state index is -6.38. The Morgan fingerprint density at radius 1 is 0.905 bits per heavy atom. The molecular formula is C12H8F6O3. The molecule has 1 rings (SSSR count). The zero-order valence-electron chi connectivity index (χ0n) is 10.3. The normalized spacial score (nSPS) is 13.1. The first-order valence-corrected chi connectivity index (χ1v) is 5.34. The van der Waals surface area contributed by atoms with Crippen LogP contribution < -0.4 is 0 Å². The summed E-state index contributed by atoms with van der Waals surface area (Å²) >= 11 is 0. The molecule has 0 radical (unpaired) electrons. The number of hydrogen-bond donors (Lipinski definition) is 1. The van der Waals surface area contributed by atoms with Crippen LogP contribution in [0.1, 0.15) is 15.9 Å². The van der Waals surface area contributed by atoms with E-state index >= 15 is 0 Å². The number of Topliss-reactive ketones (excluding diaryl/α,β-unsaturated/α-hetero) is 1. The molecule has 116 valence electrons. The van der Waals surface area contributed by atoms with E-state index in [-0.39, 0.29) is 0 Å². The molecule has 0 spiro atoms. The van der Waals surface area contributed by atoms with Crippen molar-refractivity contribution < 1.29 is 41.0 Å². The predicted octanol–water partition coefficient (Wildman–Crippen LogP) is 3.17. The number of carbonyl (C=O) groups excluding carboxylic acids is 1. The summed E-state index contributed by atoms with van der Waals surface area (Å²) in [6, 6.07) is 3.77. The average molecular weight is 314 g/mol. The van der Waals surface area contributed by atoms with Crippen molar-refractivity contribution in [3.05, 3.63) is 35.4 Å². The number of hydrogen-bond acceptors (Lipinski definition) is 2. The van der Waals surface area contributed by atoms with Crippen LogP contribution in [0.25, 0.3) is 0 Å². The Bertz CT molecular complexity index is 565. The van der Waals surface area contributed by atoms with Crippen molar-refractivity contribution in [2.45, 2.75) is 24.7 Å². The molecule has 1 aromatic carbocycles. The average Bonchev–Trinajstić information content (AvgIpc) is 2.38. The van der Waals surface area contributed by atoms with Crippen LogP contribution in [0.3, 0.4) is 0 Å². The van der Waals surface area contributed by atoms with E-state index in [2.05, 4.69) is 0 Å². The number of ketones is 1. The number of aliphatic carboxylic acids is 1. The second-order valence-corrected chi connectivity index (χ2v) is 4.22. The topological polar surface area (TPSA) is 54.4 Å². The second-order valence-electron chi connectivity index (χ2n) is 4.22. The summed E-state index contributed by atoms with van der Waals surface area (Å²) in [6.45, 7) is 1.51. The van der Waals surface area contributed by atoms with E-state index < -0.39 is 35.1 Å². The van der Waals surface area contributed by atoms with Gasteiger partial charge in [-0.15, -0.1) is 0 Å². The predicted molar refractivity (Wildman–Crippen MR) is 58.0 cm³/mol. The third-order valence-corrected chi connectivity index (χ3v) is 2.66. The van der Waals surface area contributed by atoms with Crippen LogP contribution in [0, 0.1) is 6.92 Å². The molecule has 9 heteroatoms. The maximum atomic E-state index is 13.4. The maximum absolute atomic E-state index is 13.4. The van der Waals surface area contributed by atoms with E-state index in [1.807, 2.05) is 0 Å². The van der Waals surface area contributed by atoms with Crippen LogP contribution in [0.5, 0.6) is 0 Å². The molecule has 0 saturated heterocycles. The van der Waals surface area contributed by atoms with Crippen molar-refractivity contribution >= 4 is 11.8 Å². The van der Waals surface area contributed by atoms with Crippen molar-refractivity contribution in [3.63, 3.8) is 0 Å². The Morgan fingerprint density at radius 2 is 1.33 bits per heavy atom. The molecular weight excluding hydrogens is 306 g/mol.